The molecule has 1 atom stereocenters. The molecule has 17 heavy (non-hydrogen) atoms. The summed E-state index contributed by atoms with van der Waals surface area (Å²) in [7, 11) is 1.99. The summed E-state index contributed by atoms with van der Waals surface area (Å²) in [6, 6.07) is 2.15. The number of rotatable bonds is 6. The third kappa shape index (κ3) is 3.97. The van der Waals surface area contributed by atoms with E-state index in [0.717, 1.165) is 37.3 Å². The Bertz CT molecular complexity index is 408. The van der Waals surface area contributed by atoms with Crippen LogP contribution in [-0.4, -0.2) is 22.6 Å². The molecule has 0 spiro atoms. The van der Waals surface area contributed by atoms with Gasteiger partial charge in [-0.05, 0) is 40.2 Å². The quantitative estimate of drug-likeness (QED) is 0.818. The second-order valence-corrected chi connectivity index (χ2v) is 4.47. The van der Waals surface area contributed by atoms with Crippen molar-refractivity contribution in [2.75, 3.05) is 7.05 Å². The predicted molar refractivity (Wildman–Crippen MR) is 70.3 cm³/mol. The van der Waals surface area contributed by atoms with Crippen LogP contribution in [0.4, 0.5) is 0 Å². The van der Waals surface area contributed by atoms with Crippen molar-refractivity contribution in [2.45, 2.75) is 52.6 Å². The molecule has 0 fully saturated rings. The highest BCUT2D eigenvalue weighted by molar-refractivity contribution is 5.01. The summed E-state index contributed by atoms with van der Waals surface area (Å²) in [5.41, 5.74) is 0.859. The van der Waals surface area contributed by atoms with Gasteiger partial charge in [0.05, 0.1) is 0 Å². The van der Waals surface area contributed by atoms with Gasteiger partial charge in [-0.3, -0.25) is 9.36 Å². The maximum absolute atomic E-state index is 11.8. The van der Waals surface area contributed by atoms with Gasteiger partial charge in [-0.2, -0.15) is 0 Å². The van der Waals surface area contributed by atoms with Crippen molar-refractivity contribution in [2.24, 2.45) is 0 Å². The van der Waals surface area contributed by atoms with Gasteiger partial charge in [0.1, 0.15) is 5.82 Å². The number of aryl methyl sites for hydroxylation is 2. The minimum atomic E-state index is 0.0625. The highest BCUT2D eigenvalue weighted by Crippen LogP contribution is 2.03. The number of hydrogen-bond acceptors (Lipinski definition) is 3. The Morgan fingerprint density at radius 1 is 1.47 bits per heavy atom. The molecule has 1 rings (SSSR count). The van der Waals surface area contributed by atoms with Crippen LogP contribution in [0.5, 0.6) is 0 Å². The zero-order chi connectivity index (χ0) is 12.8. The SMILES string of the molecule is CCC(CCCn1c(C)nc(C)cc1=O)NC. The minimum Gasteiger partial charge on any atom is -0.317 e. The fraction of sp³-hybridized carbons (Fsp3) is 0.692. The molecule has 1 heterocycles. The highest BCUT2D eigenvalue weighted by atomic mass is 16.1. The van der Waals surface area contributed by atoms with Gasteiger partial charge in [-0.15, -0.1) is 0 Å². The fourth-order valence-corrected chi connectivity index (χ4v) is 2.08. The molecule has 0 radical (unpaired) electrons. The van der Waals surface area contributed by atoms with E-state index >= 15 is 0 Å². The second-order valence-electron chi connectivity index (χ2n) is 4.47. The number of hydrogen-bond donors (Lipinski definition) is 1. The third-order valence-electron chi connectivity index (χ3n) is 3.16. The normalized spacial score (nSPS) is 12.7. The van der Waals surface area contributed by atoms with Gasteiger partial charge in [0.2, 0.25) is 0 Å². The molecule has 1 aromatic heterocycles. The van der Waals surface area contributed by atoms with Crippen LogP contribution in [0.15, 0.2) is 10.9 Å². The van der Waals surface area contributed by atoms with Gasteiger partial charge in [0.25, 0.3) is 5.56 Å². The molecule has 0 aliphatic carbocycles. The van der Waals surface area contributed by atoms with Crippen molar-refractivity contribution < 1.29 is 0 Å². The molecular weight excluding hydrogens is 214 g/mol. The summed E-state index contributed by atoms with van der Waals surface area (Å²) >= 11 is 0. The lowest BCUT2D eigenvalue weighted by molar-refractivity contribution is 0.460. The van der Waals surface area contributed by atoms with Gasteiger partial charge in [-0.1, -0.05) is 6.92 Å². The molecule has 0 aliphatic heterocycles. The Morgan fingerprint density at radius 3 is 2.71 bits per heavy atom. The highest BCUT2D eigenvalue weighted by Gasteiger charge is 2.05. The second kappa shape index (κ2) is 6.55. The molecule has 1 unspecified atom stereocenters. The monoisotopic (exact) mass is 237 g/mol. The van der Waals surface area contributed by atoms with Crippen LogP contribution in [0.2, 0.25) is 0 Å². The van der Waals surface area contributed by atoms with E-state index in [1.165, 1.54) is 0 Å². The fourth-order valence-electron chi connectivity index (χ4n) is 2.08. The lowest BCUT2D eigenvalue weighted by Crippen LogP contribution is -2.27. The van der Waals surface area contributed by atoms with Crippen LogP contribution >= 0.6 is 0 Å². The molecule has 96 valence electrons. The van der Waals surface area contributed by atoms with Crippen molar-refractivity contribution in [1.82, 2.24) is 14.9 Å². The maximum Gasteiger partial charge on any atom is 0.253 e. The summed E-state index contributed by atoms with van der Waals surface area (Å²) < 4.78 is 1.76. The van der Waals surface area contributed by atoms with E-state index in [9.17, 15) is 4.79 Å². The van der Waals surface area contributed by atoms with Crippen molar-refractivity contribution >= 4 is 0 Å². The van der Waals surface area contributed by atoms with E-state index in [0.29, 0.717) is 6.04 Å². The lowest BCUT2D eigenvalue weighted by atomic mass is 10.1. The lowest BCUT2D eigenvalue weighted by Gasteiger charge is -2.14. The summed E-state index contributed by atoms with van der Waals surface area (Å²) in [5.74, 6) is 0.813. The first-order valence-corrected chi connectivity index (χ1v) is 6.30. The van der Waals surface area contributed by atoms with Crippen LogP contribution in [0.25, 0.3) is 0 Å². The minimum absolute atomic E-state index is 0.0625. The largest absolute Gasteiger partial charge is 0.317 e. The standard InChI is InChI=1S/C13H23N3O/c1-5-12(14-4)7-6-8-16-11(3)15-10(2)9-13(16)17/h9,12,14H,5-8H2,1-4H3. The number of nitrogens with zero attached hydrogens (tertiary/aromatic N) is 2. The van der Waals surface area contributed by atoms with E-state index < -0.39 is 0 Å². The molecule has 0 bridgehead atoms. The molecular formula is C13H23N3O. The molecule has 0 saturated heterocycles. The molecule has 0 aromatic carbocycles. The predicted octanol–water partition coefficient (Wildman–Crippen LogP) is 1.64. The third-order valence-corrected chi connectivity index (χ3v) is 3.16. The van der Waals surface area contributed by atoms with Crippen molar-refractivity contribution in [1.29, 1.82) is 0 Å². The van der Waals surface area contributed by atoms with Crippen LogP contribution in [0.3, 0.4) is 0 Å². The van der Waals surface area contributed by atoms with E-state index in [-0.39, 0.29) is 5.56 Å². The Kier molecular flexibility index (Phi) is 5.35. The number of nitrogens with one attached hydrogen (secondary N) is 1. The van der Waals surface area contributed by atoms with Gasteiger partial charge < -0.3 is 5.32 Å². The Hall–Kier alpha value is -1.16. The van der Waals surface area contributed by atoms with Gasteiger partial charge in [0, 0.05) is 24.3 Å². The Labute approximate surface area is 103 Å². The molecule has 0 aliphatic rings. The maximum atomic E-state index is 11.8. The summed E-state index contributed by atoms with van der Waals surface area (Å²) in [4.78, 5) is 16.1. The smallest absolute Gasteiger partial charge is 0.253 e. The molecule has 1 aromatic rings. The van der Waals surface area contributed by atoms with Crippen molar-refractivity contribution in [3.05, 3.63) is 27.9 Å². The first-order valence-electron chi connectivity index (χ1n) is 6.30. The van der Waals surface area contributed by atoms with E-state index in [4.69, 9.17) is 0 Å². The summed E-state index contributed by atoms with van der Waals surface area (Å²) in [5, 5.41) is 3.27. The molecule has 0 saturated carbocycles. The van der Waals surface area contributed by atoms with E-state index in [1.807, 2.05) is 20.9 Å². The van der Waals surface area contributed by atoms with Crippen LogP contribution in [-0.2, 0) is 6.54 Å². The molecule has 4 heteroatoms. The topological polar surface area (TPSA) is 46.9 Å². The van der Waals surface area contributed by atoms with Crippen LogP contribution in [0.1, 0.15) is 37.7 Å². The van der Waals surface area contributed by atoms with Gasteiger partial charge >= 0.3 is 0 Å². The average Bonchev–Trinajstić information content (AvgIpc) is 2.27. The Morgan fingerprint density at radius 2 is 2.18 bits per heavy atom. The molecule has 1 N–H and O–H groups in total. The summed E-state index contributed by atoms with van der Waals surface area (Å²) in [6.45, 7) is 6.68. The first-order chi connectivity index (χ1) is 8.08. The van der Waals surface area contributed by atoms with Crippen molar-refractivity contribution in [3.63, 3.8) is 0 Å². The molecule has 4 nitrogen and oxygen atoms in total. The van der Waals surface area contributed by atoms with E-state index in [1.54, 1.807) is 10.6 Å². The van der Waals surface area contributed by atoms with Crippen LogP contribution in [0, 0.1) is 13.8 Å². The summed E-state index contributed by atoms with van der Waals surface area (Å²) in [6.07, 6.45) is 3.22. The van der Waals surface area contributed by atoms with Crippen molar-refractivity contribution in [3.8, 4) is 0 Å². The zero-order valence-corrected chi connectivity index (χ0v) is 11.3. The zero-order valence-electron chi connectivity index (χ0n) is 11.3. The van der Waals surface area contributed by atoms with Gasteiger partial charge in [0.15, 0.2) is 0 Å². The molecule has 0 amide bonds. The first kappa shape index (κ1) is 13.9. The number of aromatic nitrogens is 2. The van der Waals surface area contributed by atoms with E-state index in [2.05, 4.69) is 17.2 Å². The average molecular weight is 237 g/mol. The van der Waals surface area contributed by atoms with Gasteiger partial charge in [-0.25, -0.2) is 4.98 Å². The van der Waals surface area contributed by atoms with Crippen LogP contribution < -0.4 is 10.9 Å². The Balaban J connectivity index is 2.61.